The minimum absolute atomic E-state index is 0.243. The lowest BCUT2D eigenvalue weighted by Crippen LogP contribution is -2.30. The highest BCUT2D eigenvalue weighted by atomic mass is 31.1. The number of rotatable bonds is 11. The molecule has 0 spiro atoms. The molecule has 5 rings (SSSR count). The summed E-state index contributed by atoms with van der Waals surface area (Å²) in [7, 11) is 2.20. The first kappa shape index (κ1) is 26.6. The van der Waals surface area contributed by atoms with Crippen LogP contribution in [0.2, 0.25) is 0 Å². The summed E-state index contributed by atoms with van der Waals surface area (Å²) in [6, 6.07) is 35.1. The van der Waals surface area contributed by atoms with Gasteiger partial charge in [0, 0.05) is 25.4 Å². The molecule has 1 unspecified atom stereocenters. The second-order valence-corrected chi connectivity index (χ2v) is 11.5. The molecule has 4 heteroatoms. The predicted molar refractivity (Wildman–Crippen MR) is 161 cm³/mol. The van der Waals surface area contributed by atoms with Crippen LogP contribution in [0.1, 0.15) is 47.1 Å². The van der Waals surface area contributed by atoms with E-state index in [-0.39, 0.29) is 6.79 Å². The zero-order chi connectivity index (χ0) is 26.0. The van der Waals surface area contributed by atoms with Crippen LogP contribution in [0.4, 0.5) is 0 Å². The van der Waals surface area contributed by atoms with Gasteiger partial charge in [0.2, 0.25) is 0 Å². The Bertz CT molecular complexity index is 1290. The van der Waals surface area contributed by atoms with E-state index >= 15 is 0 Å². The SMILES string of the molecule is COCOc1c(Cc2ccccc2)cc(Cc2ccccc2)cc1Pc1ccccc1CN1CCCCC1. The van der Waals surface area contributed by atoms with Gasteiger partial charge in [-0.3, -0.25) is 4.90 Å². The van der Waals surface area contributed by atoms with E-state index in [4.69, 9.17) is 9.47 Å². The Morgan fingerprint density at radius 3 is 2.03 bits per heavy atom. The lowest BCUT2D eigenvalue weighted by atomic mass is 9.98. The van der Waals surface area contributed by atoms with Crippen molar-refractivity contribution in [3.63, 3.8) is 0 Å². The van der Waals surface area contributed by atoms with Crippen LogP contribution in [-0.4, -0.2) is 31.9 Å². The first-order valence-corrected chi connectivity index (χ1v) is 14.7. The maximum atomic E-state index is 6.33. The lowest BCUT2D eigenvalue weighted by molar-refractivity contribution is 0.0513. The third-order valence-corrected chi connectivity index (χ3v) is 8.56. The monoisotopic (exact) mass is 523 g/mol. The number of hydrogen-bond donors (Lipinski definition) is 0. The molecular formula is C34H38NO2P. The van der Waals surface area contributed by atoms with Crippen molar-refractivity contribution in [3.8, 4) is 5.75 Å². The zero-order valence-electron chi connectivity index (χ0n) is 22.4. The van der Waals surface area contributed by atoms with Crippen molar-refractivity contribution in [2.45, 2.75) is 38.6 Å². The van der Waals surface area contributed by atoms with Gasteiger partial charge in [-0.1, -0.05) is 106 Å². The summed E-state index contributed by atoms with van der Waals surface area (Å²) >= 11 is 0. The summed E-state index contributed by atoms with van der Waals surface area (Å²) in [5.41, 5.74) is 6.58. The largest absolute Gasteiger partial charge is 0.467 e. The van der Waals surface area contributed by atoms with Gasteiger partial charge in [-0.25, -0.2) is 0 Å². The number of piperidine rings is 1. The Kier molecular flexibility index (Phi) is 9.61. The Morgan fingerprint density at radius 2 is 1.32 bits per heavy atom. The van der Waals surface area contributed by atoms with Crippen LogP contribution in [0, 0.1) is 0 Å². The van der Waals surface area contributed by atoms with Crippen molar-refractivity contribution < 1.29 is 9.47 Å². The number of benzene rings is 4. The minimum atomic E-state index is 0.243. The maximum Gasteiger partial charge on any atom is 0.188 e. The molecule has 4 aromatic rings. The summed E-state index contributed by atoms with van der Waals surface area (Å²) < 4.78 is 11.7. The van der Waals surface area contributed by atoms with E-state index in [1.165, 1.54) is 70.8 Å². The molecule has 1 aliphatic heterocycles. The molecule has 0 amide bonds. The average Bonchev–Trinajstić information content (AvgIpc) is 2.95. The normalized spacial score (nSPS) is 14.2. The van der Waals surface area contributed by atoms with E-state index in [1.807, 2.05) is 0 Å². The summed E-state index contributed by atoms with van der Waals surface area (Å²) in [6.07, 6.45) is 5.71. The van der Waals surface area contributed by atoms with Gasteiger partial charge in [-0.15, -0.1) is 0 Å². The molecule has 3 nitrogen and oxygen atoms in total. The predicted octanol–water partition coefficient (Wildman–Crippen LogP) is 6.47. The quantitative estimate of drug-likeness (QED) is 0.166. The van der Waals surface area contributed by atoms with Crippen molar-refractivity contribution in [2.75, 3.05) is 27.0 Å². The highest BCUT2D eigenvalue weighted by molar-refractivity contribution is 7.55. The highest BCUT2D eigenvalue weighted by Gasteiger charge is 2.17. The minimum Gasteiger partial charge on any atom is -0.467 e. The molecule has 0 aromatic heterocycles. The summed E-state index contributed by atoms with van der Waals surface area (Å²) in [4.78, 5) is 2.61. The van der Waals surface area contributed by atoms with Gasteiger partial charge in [-0.05, 0) is 71.5 Å². The van der Waals surface area contributed by atoms with Crippen molar-refractivity contribution in [1.29, 1.82) is 0 Å². The molecule has 0 radical (unpaired) electrons. The lowest BCUT2D eigenvalue weighted by Gasteiger charge is -2.27. The fourth-order valence-corrected chi connectivity index (χ4v) is 6.70. The van der Waals surface area contributed by atoms with Crippen LogP contribution in [0.25, 0.3) is 0 Å². The van der Waals surface area contributed by atoms with Gasteiger partial charge in [0.05, 0.1) is 0 Å². The topological polar surface area (TPSA) is 21.7 Å². The van der Waals surface area contributed by atoms with E-state index in [2.05, 4.69) is 102 Å². The van der Waals surface area contributed by atoms with Crippen LogP contribution >= 0.6 is 8.58 Å². The van der Waals surface area contributed by atoms with E-state index in [1.54, 1.807) is 7.11 Å². The first-order chi connectivity index (χ1) is 18.8. The molecule has 1 heterocycles. The molecule has 1 aliphatic rings. The van der Waals surface area contributed by atoms with Gasteiger partial charge < -0.3 is 9.47 Å². The number of methoxy groups -OCH3 is 1. The van der Waals surface area contributed by atoms with E-state index < -0.39 is 0 Å². The van der Waals surface area contributed by atoms with Gasteiger partial charge in [0.1, 0.15) is 5.75 Å². The van der Waals surface area contributed by atoms with Crippen molar-refractivity contribution in [3.05, 3.63) is 125 Å². The number of likely N-dealkylation sites (tertiary alicyclic amines) is 1. The average molecular weight is 524 g/mol. The molecule has 4 aromatic carbocycles. The van der Waals surface area contributed by atoms with Crippen molar-refractivity contribution >= 4 is 19.2 Å². The van der Waals surface area contributed by atoms with Crippen LogP contribution in [0.3, 0.4) is 0 Å². The van der Waals surface area contributed by atoms with Crippen molar-refractivity contribution in [1.82, 2.24) is 4.90 Å². The Morgan fingerprint density at radius 1 is 0.658 bits per heavy atom. The third kappa shape index (κ3) is 7.32. The van der Waals surface area contributed by atoms with Crippen molar-refractivity contribution in [2.24, 2.45) is 0 Å². The molecular weight excluding hydrogens is 485 g/mol. The Labute approximate surface area is 229 Å². The standard InChI is InChI=1S/C34H38NO2P/c1-36-26-37-34-31(22-28-15-7-3-8-16-28)23-29(21-27-13-5-2-6-14-27)24-33(34)38-32-18-10-9-17-30(32)25-35-19-11-4-12-20-35/h2-3,5-10,13-18,23-24,38H,4,11-12,19-22,25-26H2,1H3. The van der Waals surface area contributed by atoms with E-state index in [0.29, 0.717) is 8.58 Å². The molecule has 0 bridgehead atoms. The Balaban J connectivity index is 1.52. The van der Waals surface area contributed by atoms with Crippen LogP contribution < -0.4 is 15.3 Å². The fourth-order valence-electron chi connectivity index (χ4n) is 5.30. The Hall–Kier alpha value is -2.97. The van der Waals surface area contributed by atoms with Gasteiger partial charge >= 0.3 is 0 Å². The first-order valence-electron chi connectivity index (χ1n) is 13.7. The molecule has 0 saturated carbocycles. The molecule has 0 N–H and O–H groups in total. The maximum absolute atomic E-state index is 6.33. The molecule has 1 fully saturated rings. The molecule has 0 aliphatic carbocycles. The molecule has 1 atom stereocenters. The zero-order valence-corrected chi connectivity index (χ0v) is 23.4. The fraction of sp³-hybridized carbons (Fsp3) is 0.294. The second kappa shape index (κ2) is 13.7. The van der Waals surface area contributed by atoms with Gasteiger partial charge in [0.15, 0.2) is 6.79 Å². The van der Waals surface area contributed by atoms with E-state index in [0.717, 1.165) is 25.1 Å². The highest BCUT2D eigenvalue weighted by Crippen LogP contribution is 2.30. The van der Waals surface area contributed by atoms with Crippen LogP contribution in [-0.2, 0) is 24.1 Å². The summed E-state index contributed by atoms with van der Waals surface area (Å²) in [5.74, 6) is 0.971. The van der Waals surface area contributed by atoms with Crippen LogP contribution in [0.15, 0.2) is 97.1 Å². The number of ether oxygens (including phenoxy) is 2. The van der Waals surface area contributed by atoms with Gasteiger partial charge in [0.25, 0.3) is 0 Å². The number of nitrogens with zero attached hydrogens (tertiary/aromatic N) is 1. The van der Waals surface area contributed by atoms with E-state index in [9.17, 15) is 0 Å². The second-order valence-electron chi connectivity index (χ2n) is 10.1. The smallest absolute Gasteiger partial charge is 0.188 e. The molecule has 196 valence electrons. The molecule has 38 heavy (non-hydrogen) atoms. The number of hydrogen-bond acceptors (Lipinski definition) is 3. The van der Waals surface area contributed by atoms with Crippen LogP contribution in [0.5, 0.6) is 5.75 Å². The summed E-state index contributed by atoms with van der Waals surface area (Å²) in [6.45, 7) is 3.67. The third-order valence-electron chi connectivity index (χ3n) is 7.16. The molecule has 1 saturated heterocycles. The van der Waals surface area contributed by atoms with Gasteiger partial charge in [-0.2, -0.15) is 0 Å². The summed E-state index contributed by atoms with van der Waals surface area (Å²) in [5, 5.41) is 2.66.